The first-order chi connectivity index (χ1) is 14.7. The van der Waals surface area contributed by atoms with Gasteiger partial charge in [-0.05, 0) is 63.4 Å². The number of hydrogen-bond donors (Lipinski definition) is 2. The van der Waals surface area contributed by atoms with Crippen molar-refractivity contribution >= 4 is 41.5 Å². The molecule has 0 aliphatic carbocycles. The normalized spacial score (nSPS) is 19.1. The van der Waals surface area contributed by atoms with Gasteiger partial charge in [0.25, 0.3) is 0 Å². The molecular weight excluding hydrogens is 525 g/mol. The van der Waals surface area contributed by atoms with E-state index in [-0.39, 0.29) is 24.0 Å². The Morgan fingerprint density at radius 3 is 2.55 bits per heavy atom. The van der Waals surface area contributed by atoms with E-state index in [1.54, 1.807) is 0 Å². The van der Waals surface area contributed by atoms with Crippen molar-refractivity contribution in [2.24, 2.45) is 10.9 Å². The molecule has 176 valence electrons. The van der Waals surface area contributed by atoms with Crippen molar-refractivity contribution in [3.63, 3.8) is 0 Å². The van der Waals surface area contributed by atoms with E-state index in [0.717, 1.165) is 89.5 Å². The Balaban J connectivity index is 0.00000341. The van der Waals surface area contributed by atoms with Gasteiger partial charge in [0.2, 0.25) is 0 Å². The van der Waals surface area contributed by atoms with E-state index in [1.165, 1.54) is 18.4 Å². The molecule has 31 heavy (non-hydrogen) atoms. The fourth-order valence-electron chi connectivity index (χ4n) is 4.09. The highest BCUT2D eigenvalue weighted by molar-refractivity contribution is 14.0. The van der Waals surface area contributed by atoms with Gasteiger partial charge in [-0.25, -0.2) is 0 Å². The smallest absolute Gasteiger partial charge is 0.191 e. The van der Waals surface area contributed by atoms with Gasteiger partial charge in [-0.3, -0.25) is 14.8 Å². The molecule has 2 heterocycles. The van der Waals surface area contributed by atoms with Crippen LogP contribution in [0.1, 0.15) is 31.7 Å². The number of piperidine rings is 1. The molecule has 3 rings (SSSR count). The van der Waals surface area contributed by atoms with Crippen molar-refractivity contribution < 1.29 is 4.74 Å². The predicted octanol–water partition coefficient (Wildman–Crippen LogP) is 3.45. The molecule has 2 fully saturated rings. The summed E-state index contributed by atoms with van der Waals surface area (Å²) < 4.78 is 5.41. The van der Waals surface area contributed by atoms with E-state index in [2.05, 4.69) is 39.5 Å². The molecule has 2 N–H and O–H groups in total. The highest BCUT2D eigenvalue weighted by Crippen LogP contribution is 2.22. The number of aliphatic imine (C=N–C) groups is 1. The lowest BCUT2D eigenvalue weighted by Gasteiger charge is -2.31. The molecule has 1 aromatic carbocycles. The maximum Gasteiger partial charge on any atom is 0.191 e. The van der Waals surface area contributed by atoms with Gasteiger partial charge in [-0.1, -0.05) is 29.8 Å². The number of guanidine groups is 1. The SMILES string of the molecule is CCNC(=NCC1CCN(Cc2ccccc2Cl)CC1)NCCCN1CCOCC1.I. The summed E-state index contributed by atoms with van der Waals surface area (Å²) in [5.74, 6) is 1.62. The van der Waals surface area contributed by atoms with E-state index in [4.69, 9.17) is 21.3 Å². The van der Waals surface area contributed by atoms with Crippen LogP contribution in [-0.4, -0.2) is 81.3 Å². The first-order valence-corrected chi connectivity index (χ1v) is 11.9. The summed E-state index contributed by atoms with van der Waals surface area (Å²) in [7, 11) is 0. The Bertz CT molecular complexity index is 649. The summed E-state index contributed by atoms with van der Waals surface area (Å²) in [6.07, 6.45) is 3.53. The second kappa shape index (κ2) is 15.3. The summed E-state index contributed by atoms with van der Waals surface area (Å²) in [6, 6.07) is 8.17. The molecule has 2 saturated heterocycles. The molecule has 1 aromatic rings. The Morgan fingerprint density at radius 1 is 1.10 bits per heavy atom. The number of ether oxygens (including phenoxy) is 1. The molecule has 0 saturated carbocycles. The lowest BCUT2D eigenvalue weighted by molar-refractivity contribution is 0.0376. The second-order valence-corrected chi connectivity index (χ2v) is 8.67. The zero-order valence-corrected chi connectivity index (χ0v) is 21.9. The topological polar surface area (TPSA) is 52.1 Å². The molecule has 8 heteroatoms. The summed E-state index contributed by atoms with van der Waals surface area (Å²) in [5, 5.41) is 7.77. The van der Waals surface area contributed by atoms with E-state index in [1.807, 2.05) is 12.1 Å². The standard InChI is InChI=1S/C23H38ClN5O.HI/c1-2-25-23(26-10-5-11-28-14-16-30-17-15-28)27-18-20-8-12-29(13-9-20)19-21-6-3-4-7-22(21)24;/h3-4,6-7,20H,2,5,8-19H2,1H3,(H2,25,26,27);1H. The van der Waals surface area contributed by atoms with Crippen LogP contribution in [0.3, 0.4) is 0 Å². The second-order valence-electron chi connectivity index (χ2n) is 8.26. The summed E-state index contributed by atoms with van der Waals surface area (Å²) in [6.45, 7) is 13.0. The Hall–Kier alpha value is -0.610. The van der Waals surface area contributed by atoms with Gasteiger partial charge < -0.3 is 15.4 Å². The van der Waals surface area contributed by atoms with Gasteiger partial charge in [0.15, 0.2) is 5.96 Å². The molecular formula is C23H39ClIN5O. The summed E-state index contributed by atoms with van der Waals surface area (Å²) in [5.41, 5.74) is 1.23. The molecule has 0 amide bonds. The zero-order valence-electron chi connectivity index (χ0n) is 18.8. The van der Waals surface area contributed by atoms with Crippen molar-refractivity contribution in [3.8, 4) is 0 Å². The van der Waals surface area contributed by atoms with E-state index < -0.39 is 0 Å². The number of benzene rings is 1. The molecule has 0 aromatic heterocycles. The lowest BCUT2D eigenvalue weighted by atomic mass is 9.96. The third-order valence-electron chi connectivity index (χ3n) is 5.96. The van der Waals surface area contributed by atoms with Crippen LogP contribution in [0.5, 0.6) is 0 Å². The Labute approximate surface area is 210 Å². The third kappa shape index (κ3) is 9.82. The number of nitrogens with one attached hydrogen (secondary N) is 2. The largest absolute Gasteiger partial charge is 0.379 e. The average Bonchev–Trinajstić information content (AvgIpc) is 2.78. The molecule has 0 spiro atoms. The number of likely N-dealkylation sites (tertiary alicyclic amines) is 1. The van der Waals surface area contributed by atoms with Gasteiger partial charge in [0.1, 0.15) is 0 Å². The molecule has 0 atom stereocenters. The van der Waals surface area contributed by atoms with Crippen LogP contribution in [0, 0.1) is 5.92 Å². The third-order valence-corrected chi connectivity index (χ3v) is 6.33. The van der Waals surface area contributed by atoms with Crippen molar-refractivity contribution in [2.75, 3.05) is 65.6 Å². The van der Waals surface area contributed by atoms with Crippen LogP contribution in [-0.2, 0) is 11.3 Å². The highest BCUT2D eigenvalue weighted by Gasteiger charge is 2.19. The van der Waals surface area contributed by atoms with Gasteiger partial charge in [0.05, 0.1) is 13.2 Å². The maximum absolute atomic E-state index is 6.32. The number of halogens is 2. The van der Waals surface area contributed by atoms with Crippen molar-refractivity contribution in [3.05, 3.63) is 34.9 Å². The van der Waals surface area contributed by atoms with Crippen molar-refractivity contribution in [1.29, 1.82) is 0 Å². The molecule has 6 nitrogen and oxygen atoms in total. The number of rotatable bonds is 9. The quantitative estimate of drug-likeness (QED) is 0.209. The monoisotopic (exact) mass is 563 g/mol. The first-order valence-electron chi connectivity index (χ1n) is 11.5. The van der Waals surface area contributed by atoms with Gasteiger partial charge in [0, 0.05) is 44.3 Å². The Kier molecular flexibility index (Phi) is 13.1. The minimum Gasteiger partial charge on any atom is -0.379 e. The lowest BCUT2D eigenvalue weighted by Crippen LogP contribution is -2.41. The average molecular weight is 564 g/mol. The maximum atomic E-state index is 6.32. The molecule has 0 bridgehead atoms. The van der Waals surface area contributed by atoms with Crippen LogP contribution in [0.2, 0.25) is 5.02 Å². The van der Waals surface area contributed by atoms with E-state index >= 15 is 0 Å². The number of hydrogen-bond acceptors (Lipinski definition) is 4. The summed E-state index contributed by atoms with van der Waals surface area (Å²) >= 11 is 6.32. The minimum absolute atomic E-state index is 0. The minimum atomic E-state index is 0. The van der Waals surface area contributed by atoms with E-state index in [0.29, 0.717) is 5.92 Å². The fourth-order valence-corrected chi connectivity index (χ4v) is 4.29. The fraction of sp³-hybridized carbons (Fsp3) is 0.696. The van der Waals surface area contributed by atoms with Gasteiger partial charge in [-0.15, -0.1) is 24.0 Å². The van der Waals surface area contributed by atoms with Crippen molar-refractivity contribution in [1.82, 2.24) is 20.4 Å². The number of morpholine rings is 1. The van der Waals surface area contributed by atoms with E-state index in [9.17, 15) is 0 Å². The highest BCUT2D eigenvalue weighted by atomic mass is 127. The van der Waals surface area contributed by atoms with Crippen LogP contribution in [0.15, 0.2) is 29.3 Å². The molecule has 2 aliphatic heterocycles. The van der Waals surface area contributed by atoms with Crippen LogP contribution < -0.4 is 10.6 Å². The molecule has 2 aliphatic rings. The molecule has 0 unspecified atom stereocenters. The van der Waals surface area contributed by atoms with Crippen LogP contribution >= 0.6 is 35.6 Å². The molecule has 0 radical (unpaired) electrons. The first kappa shape index (κ1) is 26.6. The van der Waals surface area contributed by atoms with Gasteiger partial charge in [-0.2, -0.15) is 0 Å². The van der Waals surface area contributed by atoms with Crippen molar-refractivity contribution in [2.45, 2.75) is 32.7 Å². The predicted molar refractivity (Wildman–Crippen MR) is 141 cm³/mol. The van der Waals surface area contributed by atoms with Crippen LogP contribution in [0.25, 0.3) is 0 Å². The number of nitrogens with zero attached hydrogens (tertiary/aromatic N) is 3. The van der Waals surface area contributed by atoms with Crippen LogP contribution in [0.4, 0.5) is 0 Å². The Morgan fingerprint density at radius 2 is 1.84 bits per heavy atom. The van der Waals surface area contributed by atoms with Gasteiger partial charge >= 0.3 is 0 Å². The summed E-state index contributed by atoms with van der Waals surface area (Å²) in [4.78, 5) is 9.85. The zero-order chi connectivity index (χ0) is 21.0.